The molecule has 0 aromatic heterocycles. The molecule has 0 aromatic rings. The smallest absolute Gasteiger partial charge is 0.302 e. The molecule has 26 heavy (non-hydrogen) atoms. The fourth-order valence-corrected chi connectivity index (χ4v) is 7.80. The van der Waals surface area contributed by atoms with Crippen molar-refractivity contribution in [1.82, 2.24) is 0 Å². The second-order valence-corrected chi connectivity index (χ2v) is 10.2. The number of aliphatic hydroxyl groups is 1. The van der Waals surface area contributed by atoms with Gasteiger partial charge in [-0.15, -0.1) is 0 Å². The van der Waals surface area contributed by atoms with Gasteiger partial charge in [-0.25, -0.2) is 0 Å². The molecule has 0 bridgehead atoms. The lowest BCUT2D eigenvalue weighted by atomic mass is 9.47. The molecule has 8 atom stereocenters. The van der Waals surface area contributed by atoms with E-state index in [-0.39, 0.29) is 18.2 Å². The maximum absolute atomic E-state index is 11.5. The Labute approximate surface area is 158 Å². The summed E-state index contributed by atoms with van der Waals surface area (Å²) in [6, 6.07) is 0. The molecule has 3 heteroatoms. The summed E-state index contributed by atoms with van der Waals surface area (Å²) in [5.41, 5.74) is 2.17. The average Bonchev–Trinajstić information content (AvgIpc) is 2.92. The minimum atomic E-state index is -0.142. The molecule has 4 aliphatic carbocycles. The molecule has 0 aliphatic heterocycles. The maximum atomic E-state index is 11.5. The number of carbonyl (C=O) groups is 1. The third kappa shape index (κ3) is 2.68. The molecule has 3 nitrogen and oxygen atoms in total. The van der Waals surface area contributed by atoms with Crippen molar-refractivity contribution < 1.29 is 14.6 Å². The zero-order valence-corrected chi connectivity index (χ0v) is 17.0. The number of esters is 1. The summed E-state index contributed by atoms with van der Waals surface area (Å²) < 4.78 is 5.62. The molecule has 1 N–H and O–H groups in total. The Morgan fingerprint density at radius 3 is 2.69 bits per heavy atom. The number of ether oxygens (including phenoxy) is 1. The Morgan fingerprint density at radius 1 is 1.19 bits per heavy atom. The van der Waals surface area contributed by atoms with E-state index in [0.717, 1.165) is 37.0 Å². The first-order chi connectivity index (χ1) is 12.3. The minimum Gasteiger partial charge on any atom is -0.463 e. The highest BCUT2D eigenvalue weighted by Crippen LogP contribution is 2.66. The summed E-state index contributed by atoms with van der Waals surface area (Å²) in [5.74, 6) is 2.66. The zero-order valence-electron chi connectivity index (χ0n) is 17.0. The fourth-order valence-electron chi connectivity index (χ4n) is 7.80. The van der Waals surface area contributed by atoms with Crippen LogP contribution in [0.5, 0.6) is 0 Å². The molecule has 4 rings (SSSR count). The molecule has 3 fully saturated rings. The van der Waals surface area contributed by atoms with E-state index in [1.54, 1.807) is 5.57 Å². The minimum absolute atomic E-state index is 0.0363. The van der Waals surface area contributed by atoms with Crippen molar-refractivity contribution in [3.63, 3.8) is 0 Å². The summed E-state index contributed by atoms with van der Waals surface area (Å²) in [7, 11) is 0. The summed E-state index contributed by atoms with van der Waals surface area (Å²) in [4.78, 5) is 11.5. The van der Waals surface area contributed by atoms with Gasteiger partial charge in [-0.3, -0.25) is 4.79 Å². The van der Waals surface area contributed by atoms with Crippen LogP contribution in [0.25, 0.3) is 0 Å². The van der Waals surface area contributed by atoms with Crippen LogP contribution in [0.1, 0.15) is 79.1 Å². The van der Waals surface area contributed by atoms with Crippen LogP contribution in [-0.2, 0) is 9.53 Å². The van der Waals surface area contributed by atoms with Crippen LogP contribution in [0.15, 0.2) is 11.6 Å². The van der Waals surface area contributed by atoms with Crippen LogP contribution in [0, 0.1) is 34.5 Å². The number of allylic oxidation sites excluding steroid dienone is 1. The third-order valence-electron chi connectivity index (χ3n) is 9.07. The van der Waals surface area contributed by atoms with Gasteiger partial charge in [0.15, 0.2) is 0 Å². The Kier molecular flexibility index (Phi) is 4.53. The Bertz CT molecular complexity index is 611. The molecule has 2 unspecified atom stereocenters. The number of carbonyl (C=O) groups excluding carboxylic acids is 1. The highest BCUT2D eigenvalue weighted by molar-refractivity contribution is 5.66. The first kappa shape index (κ1) is 18.5. The maximum Gasteiger partial charge on any atom is 0.302 e. The molecule has 0 amide bonds. The van der Waals surface area contributed by atoms with Crippen molar-refractivity contribution in [2.75, 3.05) is 0 Å². The summed E-state index contributed by atoms with van der Waals surface area (Å²) in [5, 5.41) is 10.1. The van der Waals surface area contributed by atoms with Crippen molar-refractivity contribution in [2.45, 2.75) is 91.3 Å². The number of hydrogen-bond acceptors (Lipinski definition) is 3. The average molecular weight is 361 g/mol. The Balaban J connectivity index is 1.59. The van der Waals surface area contributed by atoms with E-state index in [1.165, 1.54) is 39.0 Å². The molecule has 4 aliphatic rings. The molecule has 0 spiro atoms. The summed E-state index contributed by atoms with van der Waals surface area (Å²) in [6.07, 6.45) is 11.7. The predicted molar refractivity (Wildman–Crippen MR) is 102 cm³/mol. The van der Waals surface area contributed by atoms with Crippen LogP contribution >= 0.6 is 0 Å². The van der Waals surface area contributed by atoms with Gasteiger partial charge in [-0.1, -0.05) is 25.5 Å². The number of fused-ring (bicyclic) bond motifs is 5. The first-order valence-electron chi connectivity index (χ1n) is 10.8. The normalized spacial score (nSPS) is 48.7. The molecular weight excluding hydrogens is 324 g/mol. The van der Waals surface area contributed by atoms with Gasteiger partial charge < -0.3 is 9.84 Å². The van der Waals surface area contributed by atoms with Gasteiger partial charge in [0.2, 0.25) is 0 Å². The van der Waals surface area contributed by atoms with E-state index >= 15 is 0 Å². The summed E-state index contributed by atoms with van der Waals surface area (Å²) in [6.45, 7) is 8.61. The number of hydrogen-bond donors (Lipinski definition) is 1. The van der Waals surface area contributed by atoms with Crippen molar-refractivity contribution in [1.29, 1.82) is 0 Å². The van der Waals surface area contributed by atoms with E-state index in [1.807, 2.05) is 0 Å². The highest BCUT2D eigenvalue weighted by Gasteiger charge is 2.59. The molecule has 0 aromatic carbocycles. The van der Waals surface area contributed by atoms with E-state index in [2.05, 4.69) is 26.8 Å². The SMILES string of the molecule is CC(=O)OC(C)[C@H]1CC[C@H]2[C@@H]3CC=C4CC(O)CC[C@]4(C)[C@H]3CC[C@]12C. The standard InChI is InChI=1S/C23H36O3/c1-14(26-15(2)24)19-7-8-20-18-6-5-16-13-17(25)9-11-22(16,3)21(18)10-12-23(19,20)4/h5,14,17-21,25H,6-13H2,1-4H3/t14?,17?,18-,19+,20-,21-,22-,23+/m0/s1. The molecule has 146 valence electrons. The molecule has 0 heterocycles. The number of rotatable bonds is 2. The molecule has 3 saturated carbocycles. The fraction of sp³-hybridized carbons (Fsp3) is 0.870. The second kappa shape index (κ2) is 6.36. The van der Waals surface area contributed by atoms with E-state index in [4.69, 9.17) is 4.74 Å². The van der Waals surface area contributed by atoms with Gasteiger partial charge in [0.1, 0.15) is 6.10 Å². The van der Waals surface area contributed by atoms with Crippen LogP contribution in [0.3, 0.4) is 0 Å². The van der Waals surface area contributed by atoms with Crippen LogP contribution < -0.4 is 0 Å². The molecule has 0 saturated heterocycles. The van der Waals surface area contributed by atoms with Crippen molar-refractivity contribution in [3.05, 3.63) is 11.6 Å². The quantitative estimate of drug-likeness (QED) is 0.564. The Hall–Kier alpha value is -0.830. The Morgan fingerprint density at radius 2 is 1.96 bits per heavy atom. The van der Waals surface area contributed by atoms with Crippen LogP contribution in [-0.4, -0.2) is 23.3 Å². The second-order valence-electron chi connectivity index (χ2n) is 10.2. The van der Waals surface area contributed by atoms with E-state index < -0.39 is 0 Å². The van der Waals surface area contributed by atoms with Gasteiger partial charge in [0.25, 0.3) is 0 Å². The monoisotopic (exact) mass is 360 g/mol. The van der Waals surface area contributed by atoms with Crippen molar-refractivity contribution in [3.8, 4) is 0 Å². The molecular formula is C23H36O3. The topological polar surface area (TPSA) is 46.5 Å². The third-order valence-corrected chi connectivity index (χ3v) is 9.07. The van der Waals surface area contributed by atoms with Gasteiger partial charge in [-0.05, 0) is 86.9 Å². The predicted octanol–water partition coefficient (Wildman–Crippen LogP) is 4.88. The van der Waals surface area contributed by atoms with Gasteiger partial charge in [0.05, 0.1) is 6.10 Å². The van der Waals surface area contributed by atoms with Gasteiger partial charge >= 0.3 is 5.97 Å². The van der Waals surface area contributed by atoms with Crippen LogP contribution in [0.4, 0.5) is 0 Å². The highest BCUT2D eigenvalue weighted by atomic mass is 16.5. The van der Waals surface area contributed by atoms with Gasteiger partial charge in [0, 0.05) is 12.8 Å². The lowest BCUT2D eigenvalue weighted by Crippen LogP contribution is -2.51. The van der Waals surface area contributed by atoms with E-state index in [0.29, 0.717) is 16.7 Å². The lowest BCUT2D eigenvalue weighted by Gasteiger charge is -2.58. The zero-order chi connectivity index (χ0) is 18.7. The van der Waals surface area contributed by atoms with Crippen molar-refractivity contribution in [2.24, 2.45) is 34.5 Å². The first-order valence-corrected chi connectivity index (χ1v) is 10.8. The van der Waals surface area contributed by atoms with Crippen LogP contribution in [0.2, 0.25) is 0 Å². The molecule has 0 radical (unpaired) electrons. The lowest BCUT2D eigenvalue weighted by molar-refractivity contribution is -0.152. The van der Waals surface area contributed by atoms with Crippen molar-refractivity contribution >= 4 is 5.97 Å². The number of aliphatic hydroxyl groups excluding tert-OH is 1. The van der Waals surface area contributed by atoms with Gasteiger partial charge in [-0.2, -0.15) is 0 Å². The summed E-state index contributed by atoms with van der Waals surface area (Å²) >= 11 is 0. The van der Waals surface area contributed by atoms with E-state index in [9.17, 15) is 9.90 Å². The largest absolute Gasteiger partial charge is 0.463 e.